The molecular weight excluding hydrogens is 144 g/mol. The van der Waals surface area contributed by atoms with Crippen molar-refractivity contribution in [2.24, 2.45) is 0 Å². The van der Waals surface area contributed by atoms with Crippen molar-refractivity contribution >= 4 is 5.78 Å². The minimum Gasteiger partial charge on any atom is -0.388 e. The second-order valence-corrected chi connectivity index (χ2v) is 2.05. The normalized spacial score (nSPS) is 10.6. The maximum Gasteiger partial charge on any atom is 0.252 e. The molecule has 56 valence electrons. The summed E-state index contributed by atoms with van der Waals surface area (Å²) >= 11 is 0. The van der Waals surface area contributed by atoms with E-state index in [1.54, 1.807) is 18.5 Å². The minimum atomic E-state index is -0.149. The van der Waals surface area contributed by atoms with Gasteiger partial charge in [-0.25, -0.2) is 9.50 Å². The van der Waals surface area contributed by atoms with Crippen molar-refractivity contribution in [1.82, 2.24) is 19.6 Å². The lowest BCUT2D eigenvalue weighted by molar-refractivity contribution is 0.271. The monoisotopic (exact) mass is 150 g/mol. The lowest BCUT2D eigenvalue weighted by Gasteiger charge is -1.83. The molecule has 2 aromatic rings. The molecule has 0 saturated carbocycles. The molecule has 0 spiro atoms. The summed E-state index contributed by atoms with van der Waals surface area (Å²) in [4.78, 5) is 7.85. The van der Waals surface area contributed by atoms with Gasteiger partial charge >= 0.3 is 0 Å². The zero-order chi connectivity index (χ0) is 7.68. The Kier molecular flexibility index (Phi) is 1.29. The Morgan fingerprint density at radius 3 is 3.18 bits per heavy atom. The predicted octanol–water partition coefficient (Wildman–Crippen LogP) is -0.383. The molecule has 2 heterocycles. The van der Waals surface area contributed by atoms with Crippen LogP contribution in [0.25, 0.3) is 5.78 Å². The van der Waals surface area contributed by atoms with Crippen molar-refractivity contribution in [1.29, 1.82) is 0 Å². The van der Waals surface area contributed by atoms with E-state index in [-0.39, 0.29) is 6.61 Å². The molecule has 0 amide bonds. The average molecular weight is 150 g/mol. The highest BCUT2D eigenvalue weighted by Gasteiger charge is 1.99. The molecule has 0 aliphatic carbocycles. The van der Waals surface area contributed by atoms with Crippen molar-refractivity contribution in [2.45, 2.75) is 6.61 Å². The van der Waals surface area contributed by atoms with Gasteiger partial charge in [-0.05, 0) is 6.07 Å². The van der Waals surface area contributed by atoms with Gasteiger partial charge in [0.2, 0.25) is 0 Å². The van der Waals surface area contributed by atoms with Crippen LogP contribution in [0, 0.1) is 0 Å². The summed E-state index contributed by atoms with van der Waals surface area (Å²) in [6, 6.07) is 1.75. The molecule has 0 unspecified atom stereocenters. The molecule has 2 aromatic heterocycles. The van der Waals surface area contributed by atoms with Crippen LogP contribution < -0.4 is 0 Å². The third kappa shape index (κ3) is 0.947. The highest BCUT2D eigenvalue weighted by atomic mass is 16.3. The molecule has 11 heavy (non-hydrogen) atoms. The van der Waals surface area contributed by atoms with E-state index in [9.17, 15) is 0 Å². The van der Waals surface area contributed by atoms with E-state index in [1.165, 1.54) is 4.52 Å². The number of hydrogen-bond donors (Lipinski definition) is 1. The Bertz CT molecular complexity index is 336. The Morgan fingerprint density at radius 2 is 2.45 bits per heavy atom. The molecule has 2 rings (SSSR count). The van der Waals surface area contributed by atoms with Gasteiger partial charge in [0.15, 0.2) is 5.82 Å². The SMILES string of the molecule is OCc1nc2ncccn2n1. The summed E-state index contributed by atoms with van der Waals surface area (Å²) in [5.41, 5.74) is 0. The first-order valence-electron chi connectivity index (χ1n) is 3.17. The highest BCUT2D eigenvalue weighted by molar-refractivity contribution is 5.24. The summed E-state index contributed by atoms with van der Waals surface area (Å²) < 4.78 is 1.52. The quantitative estimate of drug-likeness (QED) is 0.601. The number of aromatic nitrogens is 4. The van der Waals surface area contributed by atoms with E-state index in [2.05, 4.69) is 15.1 Å². The van der Waals surface area contributed by atoms with Gasteiger partial charge in [0.1, 0.15) is 6.61 Å². The van der Waals surface area contributed by atoms with E-state index in [1.807, 2.05) is 0 Å². The van der Waals surface area contributed by atoms with Crippen LogP contribution in [0.1, 0.15) is 5.82 Å². The van der Waals surface area contributed by atoms with Crippen molar-refractivity contribution in [3.8, 4) is 0 Å². The lowest BCUT2D eigenvalue weighted by atomic mass is 10.7. The number of rotatable bonds is 1. The fourth-order valence-electron chi connectivity index (χ4n) is 0.843. The van der Waals surface area contributed by atoms with Crippen molar-refractivity contribution < 1.29 is 5.11 Å². The van der Waals surface area contributed by atoms with E-state index >= 15 is 0 Å². The van der Waals surface area contributed by atoms with Gasteiger partial charge in [-0.15, -0.1) is 5.10 Å². The van der Waals surface area contributed by atoms with E-state index in [4.69, 9.17) is 5.11 Å². The van der Waals surface area contributed by atoms with Gasteiger partial charge in [0.05, 0.1) is 0 Å². The molecule has 0 aromatic carbocycles. The summed E-state index contributed by atoms with van der Waals surface area (Å²) in [5.74, 6) is 0.903. The summed E-state index contributed by atoms with van der Waals surface area (Å²) in [6.45, 7) is -0.149. The van der Waals surface area contributed by atoms with Gasteiger partial charge in [0.25, 0.3) is 5.78 Å². The number of aliphatic hydroxyl groups excluding tert-OH is 1. The molecule has 0 aliphatic heterocycles. The van der Waals surface area contributed by atoms with Crippen LogP contribution in [0.3, 0.4) is 0 Å². The van der Waals surface area contributed by atoms with Crippen LogP contribution in [0.15, 0.2) is 18.5 Å². The molecule has 0 atom stereocenters. The fraction of sp³-hybridized carbons (Fsp3) is 0.167. The topological polar surface area (TPSA) is 63.3 Å². The first-order chi connectivity index (χ1) is 5.40. The maximum atomic E-state index is 8.67. The molecule has 0 aliphatic rings. The van der Waals surface area contributed by atoms with Crippen molar-refractivity contribution in [2.75, 3.05) is 0 Å². The molecule has 5 heteroatoms. The van der Waals surface area contributed by atoms with Crippen LogP contribution in [0.5, 0.6) is 0 Å². The van der Waals surface area contributed by atoms with Gasteiger partial charge in [-0.2, -0.15) is 4.98 Å². The predicted molar refractivity (Wildman–Crippen MR) is 36.7 cm³/mol. The summed E-state index contributed by atoms with van der Waals surface area (Å²) in [6.07, 6.45) is 3.36. The smallest absolute Gasteiger partial charge is 0.252 e. The molecular formula is C6H6N4O. The van der Waals surface area contributed by atoms with E-state index in [0.29, 0.717) is 11.6 Å². The minimum absolute atomic E-state index is 0.149. The van der Waals surface area contributed by atoms with Crippen molar-refractivity contribution in [3.63, 3.8) is 0 Å². The van der Waals surface area contributed by atoms with Crippen LogP contribution in [-0.2, 0) is 6.61 Å². The summed E-state index contributed by atoms with van der Waals surface area (Å²) in [5, 5.41) is 12.6. The molecule has 5 nitrogen and oxygen atoms in total. The second kappa shape index (κ2) is 2.28. The van der Waals surface area contributed by atoms with Gasteiger partial charge in [-0.1, -0.05) is 0 Å². The third-order valence-electron chi connectivity index (χ3n) is 1.30. The van der Waals surface area contributed by atoms with E-state index in [0.717, 1.165) is 0 Å². The molecule has 0 fully saturated rings. The standard InChI is InChI=1S/C6H6N4O/c11-4-5-8-6-7-2-1-3-10(6)9-5/h1-3,11H,4H2. The lowest BCUT2D eigenvalue weighted by Crippen LogP contribution is -1.88. The van der Waals surface area contributed by atoms with Crippen LogP contribution in [0.4, 0.5) is 0 Å². The van der Waals surface area contributed by atoms with Gasteiger partial charge < -0.3 is 5.11 Å². The Labute approximate surface area is 62.3 Å². The molecule has 0 radical (unpaired) electrons. The van der Waals surface area contributed by atoms with Gasteiger partial charge in [0, 0.05) is 12.4 Å². The third-order valence-corrected chi connectivity index (χ3v) is 1.30. The van der Waals surface area contributed by atoms with Crippen LogP contribution in [0.2, 0.25) is 0 Å². The van der Waals surface area contributed by atoms with E-state index < -0.39 is 0 Å². The zero-order valence-corrected chi connectivity index (χ0v) is 5.68. The highest BCUT2D eigenvalue weighted by Crippen LogP contribution is 1.95. The second-order valence-electron chi connectivity index (χ2n) is 2.05. The Balaban J connectivity index is 2.69. The Morgan fingerprint density at radius 1 is 1.55 bits per heavy atom. The maximum absolute atomic E-state index is 8.67. The number of hydrogen-bond acceptors (Lipinski definition) is 4. The first kappa shape index (κ1) is 6.23. The number of nitrogens with zero attached hydrogens (tertiary/aromatic N) is 4. The molecule has 0 saturated heterocycles. The first-order valence-corrected chi connectivity index (χ1v) is 3.17. The Hall–Kier alpha value is -1.49. The number of fused-ring (bicyclic) bond motifs is 1. The van der Waals surface area contributed by atoms with Crippen molar-refractivity contribution in [3.05, 3.63) is 24.3 Å². The molecule has 0 bridgehead atoms. The fourth-order valence-corrected chi connectivity index (χ4v) is 0.843. The van der Waals surface area contributed by atoms with Gasteiger partial charge in [-0.3, -0.25) is 0 Å². The summed E-state index contributed by atoms with van der Waals surface area (Å²) in [7, 11) is 0. The van der Waals surface area contributed by atoms with Crippen LogP contribution in [-0.4, -0.2) is 24.7 Å². The average Bonchev–Trinajstić information content (AvgIpc) is 2.46. The number of aliphatic hydroxyl groups is 1. The molecule has 1 N–H and O–H groups in total. The largest absolute Gasteiger partial charge is 0.388 e. The van der Waals surface area contributed by atoms with Crippen LogP contribution >= 0.6 is 0 Å². The zero-order valence-electron chi connectivity index (χ0n) is 5.68.